The number of imidazole rings is 1. The van der Waals surface area contributed by atoms with Crippen LogP contribution in [-0.2, 0) is 6.54 Å². The molecule has 0 atom stereocenters. The Morgan fingerprint density at radius 2 is 2.00 bits per heavy atom. The topological polar surface area (TPSA) is 89.9 Å². The Morgan fingerprint density at radius 1 is 1.19 bits per heavy atom. The van der Waals surface area contributed by atoms with Crippen LogP contribution in [0.5, 0.6) is 0 Å². The third kappa shape index (κ3) is 2.61. The van der Waals surface area contributed by atoms with E-state index in [1.807, 2.05) is 41.0 Å². The number of hydrogen-bond acceptors (Lipinski definition) is 5. The van der Waals surface area contributed by atoms with Crippen molar-refractivity contribution in [2.24, 2.45) is 0 Å². The zero-order valence-corrected chi connectivity index (χ0v) is 11.3. The Hall–Kier alpha value is -2.73. The van der Waals surface area contributed by atoms with E-state index in [1.165, 1.54) is 6.33 Å². The molecule has 0 spiro atoms. The maximum Gasteiger partial charge on any atom is 0.165 e. The molecule has 6 nitrogen and oxygen atoms in total. The molecule has 21 heavy (non-hydrogen) atoms. The van der Waals surface area contributed by atoms with Crippen molar-refractivity contribution in [3.05, 3.63) is 54.6 Å². The van der Waals surface area contributed by atoms with Gasteiger partial charge in [-0.3, -0.25) is 0 Å². The Labute approximate surface area is 121 Å². The minimum atomic E-state index is -0.0201. The Bertz CT molecular complexity index is 779. The van der Waals surface area contributed by atoms with Gasteiger partial charge in [0.1, 0.15) is 11.8 Å². The summed E-state index contributed by atoms with van der Waals surface area (Å²) in [5.74, 6) is 0.369. The summed E-state index contributed by atoms with van der Waals surface area (Å²) in [5.41, 5.74) is 8.90. The molecule has 6 heteroatoms. The second kappa shape index (κ2) is 5.72. The molecule has 1 aromatic carbocycles. The molecule has 0 radical (unpaired) electrons. The highest BCUT2D eigenvalue weighted by molar-refractivity contribution is 5.81. The van der Waals surface area contributed by atoms with Crippen molar-refractivity contribution in [3.63, 3.8) is 0 Å². The lowest BCUT2D eigenvalue weighted by Gasteiger charge is -2.05. The first-order chi connectivity index (χ1) is 10.3. The van der Waals surface area contributed by atoms with E-state index in [2.05, 4.69) is 15.0 Å². The first-order valence-corrected chi connectivity index (χ1v) is 6.56. The van der Waals surface area contributed by atoms with Gasteiger partial charge in [0.15, 0.2) is 11.5 Å². The van der Waals surface area contributed by atoms with Crippen molar-refractivity contribution in [2.45, 2.75) is 6.54 Å². The predicted molar refractivity (Wildman–Crippen MR) is 81.2 cm³/mol. The number of anilines is 1. The van der Waals surface area contributed by atoms with E-state index in [0.29, 0.717) is 23.5 Å². The number of aliphatic hydroxyl groups excluding tert-OH is 1. The van der Waals surface area contributed by atoms with E-state index < -0.39 is 0 Å². The molecule has 0 aliphatic rings. The van der Waals surface area contributed by atoms with Gasteiger partial charge in [-0.25, -0.2) is 15.0 Å². The normalized spacial score (nSPS) is 12.0. The summed E-state index contributed by atoms with van der Waals surface area (Å²) >= 11 is 0. The van der Waals surface area contributed by atoms with Gasteiger partial charge >= 0.3 is 0 Å². The molecule has 0 saturated carbocycles. The summed E-state index contributed by atoms with van der Waals surface area (Å²) in [7, 11) is 0. The molecule has 0 amide bonds. The molecule has 0 aliphatic heterocycles. The molecule has 3 aromatic rings. The van der Waals surface area contributed by atoms with E-state index in [9.17, 15) is 5.11 Å². The summed E-state index contributed by atoms with van der Waals surface area (Å²) in [6.07, 6.45) is 5.05. The standard InChI is InChI=1S/C15H15N5O/c16-14-13-15(18-9-17-14)20(10-19-13)7-6-12(8-21)11-4-2-1-3-5-11/h1-6,9-10,21H,7-8H2,(H2,16,17,18)/b12-6-. The number of nitrogens with two attached hydrogens (primary N) is 1. The van der Waals surface area contributed by atoms with Crippen molar-refractivity contribution in [3.8, 4) is 0 Å². The van der Waals surface area contributed by atoms with Gasteiger partial charge in [-0.05, 0) is 11.1 Å². The molecule has 2 aromatic heterocycles. The second-order valence-corrected chi connectivity index (χ2v) is 4.58. The van der Waals surface area contributed by atoms with Crippen LogP contribution in [0.1, 0.15) is 5.56 Å². The van der Waals surface area contributed by atoms with Crippen LogP contribution in [0.3, 0.4) is 0 Å². The molecule has 0 fully saturated rings. The molecule has 0 aliphatic carbocycles. The summed E-state index contributed by atoms with van der Waals surface area (Å²) in [6.45, 7) is 0.533. The van der Waals surface area contributed by atoms with E-state index >= 15 is 0 Å². The predicted octanol–water partition coefficient (Wildman–Crippen LogP) is 1.48. The highest BCUT2D eigenvalue weighted by atomic mass is 16.3. The van der Waals surface area contributed by atoms with Gasteiger partial charge in [0.05, 0.1) is 12.9 Å². The van der Waals surface area contributed by atoms with Crippen molar-refractivity contribution in [1.29, 1.82) is 0 Å². The van der Waals surface area contributed by atoms with Gasteiger partial charge < -0.3 is 15.4 Å². The average Bonchev–Trinajstić information content (AvgIpc) is 2.94. The Kier molecular flexibility index (Phi) is 3.61. The molecule has 0 unspecified atom stereocenters. The van der Waals surface area contributed by atoms with E-state index in [-0.39, 0.29) is 6.61 Å². The van der Waals surface area contributed by atoms with Crippen LogP contribution in [-0.4, -0.2) is 31.2 Å². The van der Waals surface area contributed by atoms with Crippen LogP contribution in [0, 0.1) is 0 Å². The molecule has 3 rings (SSSR count). The summed E-state index contributed by atoms with van der Waals surface area (Å²) < 4.78 is 1.87. The van der Waals surface area contributed by atoms with Gasteiger partial charge in [0.2, 0.25) is 0 Å². The number of nitrogen functional groups attached to an aromatic ring is 1. The van der Waals surface area contributed by atoms with Crippen LogP contribution in [0.2, 0.25) is 0 Å². The average molecular weight is 281 g/mol. The zero-order chi connectivity index (χ0) is 14.7. The van der Waals surface area contributed by atoms with Gasteiger partial charge in [-0.1, -0.05) is 36.4 Å². The first kappa shape index (κ1) is 13.3. The van der Waals surface area contributed by atoms with Crippen molar-refractivity contribution in [1.82, 2.24) is 19.5 Å². The smallest absolute Gasteiger partial charge is 0.165 e. The Morgan fingerprint density at radius 3 is 2.76 bits per heavy atom. The molecule has 0 bridgehead atoms. The van der Waals surface area contributed by atoms with Gasteiger partial charge in [-0.15, -0.1) is 0 Å². The van der Waals surface area contributed by atoms with Crippen LogP contribution in [0.15, 0.2) is 49.1 Å². The fourth-order valence-corrected chi connectivity index (χ4v) is 2.17. The molecule has 2 heterocycles. The maximum atomic E-state index is 9.53. The fourth-order valence-electron chi connectivity index (χ4n) is 2.17. The Balaban J connectivity index is 1.91. The monoisotopic (exact) mass is 281 g/mol. The number of allylic oxidation sites excluding steroid dienone is 1. The molecular formula is C15H15N5O. The van der Waals surface area contributed by atoms with Crippen LogP contribution in [0.4, 0.5) is 5.82 Å². The van der Waals surface area contributed by atoms with Crippen molar-refractivity contribution >= 4 is 22.6 Å². The minimum absolute atomic E-state index is 0.0201. The van der Waals surface area contributed by atoms with Gasteiger partial charge in [0.25, 0.3) is 0 Å². The number of benzene rings is 1. The third-order valence-corrected chi connectivity index (χ3v) is 3.28. The number of aromatic nitrogens is 4. The van der Waals surface area contributed by atoms with E-state index in [1.54, 1.807) is 6.33 Å². The van der Waals surface area contributed by atoms with Crippen LogP contribution in [0.25, 0.3) is 16.7 Å². The molecule has 3 N–H and O–H groups in total. The van der Waals surface area contributed by atoms with Gasteiger partial charge in [-0.2, -0.15) is 0 Å². The lowest BCUT2D eigenvalue weighted by Crippen LogP contribution is -1.99. The SMILES string of the molecule is Nc1ncnc2c1ncn2C/C=C(/CO)c1ccccc1. The lowest BCUT2D eigenvalue weighted by molar-refractivity contribution is 0.350. The highest BCUT2D eigenvalue weighted by Crippen LogP contribution is 2.16. The van der Waals surface area contributed by atoms with Crippen molar-refractivity contribution < 1.29 is 5.11 Å². The molecule has 0 saturated heterocycles. The highest BCUT2D eigenvalue weighted by Gasteiger charge is 2.07. The maximum absolute atomic E-state index is 9.53. The number of nitrogens with zero attached hydrogens (tertiary/aromatic N) is 4. The van der Waals surface area contributed by atoms with Crippen molar-refractivity contribution in [2.75, 3.05) is 12.3 Å². The van der Waals surface area contributed by atoms with Crippen LogP contribution < -0.4 is 5.73 Å². The molecule has 106 valence electrons. The lowest BCUT2D eigenvalue weighted by atomic mass is 10.1. The van der Waals surface area contributed by atoms with E-state index in [0.717, 1.165) is 11.1 Å². The van der Waals surface area contributed by atoms with E-state index in [4.69, 9.17) is 5.73 Å². The molecular weight excluding hydrogens is 266 g/mol. The summed E-state index contributed by atoms with van der Waals surface area (Å²) in [5, 5.41) is 9.53. The zero-order valence-electron chi connectivity index (χ0n) is 11.3. The second-order valence-electron chi connectivity index (χ2n) is 4.58. The quantitative estimate of drug-likeness (QED) is 0.756. The number of fused-ring (bicyclic) bond motifs is 1. The third-order valence-electron chi connectivity index (χ3n) is 3.28. The minimum Gasteiger partial charge on any atom is -0.392 e. The first-order valence-electron chi connectivity index (χ1n) is 6.56. The largest absolute Gasteiger partial charge is 0.392 e. The fraction of sp³-hybridized carbons (Fsp3) is 0.133. The van der Waals surface area contributed by atoms with Crippen LogP contribution >= 0.6 is 0 Å². The number of hydrogen-bond donors (Lipinski definition) is 2. The number of rotatable bonds is 4. The summed E-state index contributed by atoms with van der Waals surface area (Å²) in [6, 6.07) is 9.77. The summed E-state index contributed by atoms with van der Waals surface area (Å²) in [4.78, 5) is 12.3. The van der Waals surface area contributed by atoms with Gasteiger partial charge in [0, 0.05) is 6.54 Å². The number of aliphatic hydroxyl groups is 1.